The van der Waals surface area contributed by atoms with Gasteiger partial charge in [-0.25, -0.2) is 15.2 Å². The highest BCUT2D eigenvalue weighted by Crippen LogP contribution is 2.10. The third kappa shape index (κ3) is 5.04. The van der Waals surface area contributed by atoms with Gasteiger partial charge in [-0.05, 0) is 13.3 Å². The molecule has 0 radical (unpaired) electrons. The summed E-state index contributed by atoms with van der Waals surface area (Å²) in [5, 5.41) is 5.54. The van der Waals surface area contributed by atoms with E-state index in [1.54, 1.807) is 0 Å². The first-order valence-corrected chi connectivity index (χ1v) is 6.09. The van der Waals surface area contributed by atoms with Crippen LogP contribution in [0, 0.1) is 5.82 Å². The molecule has 1 amide bonds. The molecular weight excluding hydrogens is 251 g/mol. The summed E-state index contributed by atoms with van der Waals surface area (Å²) in [5.74, 6) is 4.56. The molecule has 0 bridgehead atoms. The van der Waals surface area contributed by atoms with Crippen molar-refractivity contribution in [2.75, 3.05) is 17.3 Å². The van der Waals surface area contributed by atoms with Crippen molar-refractivity contribution in [3.63, 3.8) is 0 Å². The molecule has 0 aliphatic rings. The molecule has 1 aromatic rings. The van der Waals surface area contributed by atoms with Gasteiger partial charge in [0.25, 0.3) is 0 Å². The zero-order valence-electron chi connectivity index (χ0n) is 11.0. The van der Waals surface area contributed by atoms with Crippen LogP contribution in [0.15, 0.2) is 6.20 Å². The molecule has 1 atom stereocenters. The van der Waals surface area contributed by atoms with Gasteiger partial charge < -0.3 is 10.6 Å². The van der Waals surface area contributed by atoms with Crippen LogP contribution >= 0.6 is 0 Å². The number of hydrogen-bond acceptors (Lipinski definition) is 6. The van der Waals surface area contributed by atoms with Crippen molar-refractivity contribution in [3.8, 4) is 0 Å². The molecule has 1 heterocycles. The number of hydrazine groups is 1. The molecule has 106 valence electrons. The number of aromatic nitrogens is 2. The Balaban J connectivity index is 2.42. The van der Waals surface area contributed by atoms with E-state index in [1.807, 2.05) is 13.8 Å². The van der Waals surface area contributed by atoms with Crippen molar-refractivity contribution < 1.29 is 9.18 Å². The Hall–Kier alpha value is -1.96. The van der Waals surface area contributed by atoms with Crippen LogP contribution in [0.2, 0.25) is 0 Å². The second-order valence-corrected chi connectivity index (χ2v) is 4.09. The van der Waals surface area contributed by atoms with Crippen molar-refractivity contribution in [3.05, 3.63) is 12.0 Å². The summed E-state index contributed by atoms with van der Waals surface area (Å²) in [4.78, 5) is 18.9. The molecule has 0 aliphatic heterocycles. The van der Waals surface area contributed by atoms with Crippen LogP contribution in [-0.4, -0.2) is 28.5 Å². The molecule has 1 unspecified atom stereocenters. The highest BCUT2D eigenvalue weighted by atomic mass is 19.1. The van der Waals surface area contributed by atoms with Crippen LogP contribution in [-0.2, 0) is 4.79 Å². The third-order valence-electron chi connectivity index (χ3n) is 2.54. The number of hydrogen-bond donors (Lipinski definition) is 4. The van der Waals surface area contributed by atoms with Gasteiger partial charge in [-0.1, -0.05) is 6.92 Å². The van der Waals surface area contributed by atoms with Crippen molar-refractivity contribution >= 4 is 17.7 Å². The number of nitrogens with zero attached hydrogens (tertiary/aromatic N) is 2. The third-order valence-corrected chi connectivity index (χ3v) is 2.54. The van der Waals surface area contributed by atoms with E-state index in [1.165, 1.54) is 0 Å². The van der Waals surface area contributed by atoms with E-state index >= 15 is 0 Å². The molecule has 0 fully saturated rings. The molecule has 8 heteroatoms. The lowest BCUT2D eigenvalue weighted by Crippen LogP contribution is -2.33. The molecule has 0 aliphatic carbocycles. The standard InChI is InChI=1S/C11H19FN6O/c1-3-7(2)16-9(19)4-5-14-10-8(12)6-15-11(17-10)18-13/h6-7H,3-5,13H2,1-2H3,(H,16,19)(H2,14,15,17,18). The van der Waals surface area contributed by atoms with Gasteiger partial charge in [0.15, 0.2) is 11.6 Å². The summed E-state index contributed by atoms with van der Waals surface area (Å²) >= 11 is 0. The van der Waals surface area contributed by atoms with Gasteiger partial charge in [-0.2, -0.15) is 4.98 Å². The first-order chi connectivity index (χ1) is 9.06. The van der Waals surface area contributed by atoms with E-state index in [-0.39, 0.29) is 36.7 Å². The molecule has 1 aromatic heterocycles. The second-order valence-electron chi connectivity index (χ2n) is 4.09. The molecule has 0 saturated heterocycles. The lowest BCUT2D eigenvalue weighted by atomic mass is 10.2. The topological polar surface area (TPSA) is 105 Å². The molecule has 19 heavy (non-hydrogen) atoms. The summed E-state index contributed by atoms with van der Waals surface area (Å²) < 4.78 is 13.3. The molecular formula is C11H19FN6O. The molecule has 1 rings (SSSR count). The maximum atomic E-state index is 13.3. The fourth-order valence-corrected chi connectivity index (χ4v) is 1.30. The van der Waals surface area contributed by atoms with E-state index in [2.05, 4.69) is 26.0 Å². The minimum absolute atomic E-state index is 0.0132. The predicted octanol–water partition coefficient (Wildman–Crippen LogP) is 0.618. The van der Waals surface area contributed by atoms with Gasteiger partial charge in [0, 0.05) is 19.0 Å². The smallest absolute Gasteiger partial charge is 0.239 e. The Morgan fingerprint density at radius 1 is 1.58 bits per heavy atom. The normalized spacial score (nSPS) is 11.8. The van der Waals surface area contributed by atoms with Crippen LogP contribution in [0.4, 0.5) is 16.2 Å². The monoisotopic (exact) mass is 270 g/mol. The molecule has 0 aromatic carbocycles. The fraction of sp³-hybridized carbons (Fsp3) is 0.545. The van der Waals surface area contributed by atoms with Gasteiger partial charge >= 0.3 is 0 Å². The number of amides is 1. The number of carbonyl (C=O) groups excluding carboxylic acids is 1. The number of rotatable bonds is 7. The lowest BCUT2D eigenvalue weighted by Gasteiger charge is -2.12. The second kappa shape index (κ2) is 7.47. The largest absolute Gasteiger partial charge is 0.367 e. The minimum Gasteiger partial charge on any atom is -0.367 e. The van der Waals surface area contributed by atoms with E-state index < -0.39 is 5.82 Å². The van der Waals surface area contributed by atoms with Gasteiger partial charge in [0.2, 0.25) is 11.9 Å². The highest BCUT2D eigenvalue weighted by molar-refractivity contribution is 5.76. The number of carbonyl (C=O) groups is 1. The summed E-state index contributed by atoms with van der Waals surface area (Å²) in [6, 6.07) is 0.135. The van der Waals surface area contributed by atoms with Gasteiger partial charge in [-0.3, -0.25) is 10.2 Å². The van der Waals surface area contributed by atoms with Crippen LogP contribution in [0.1, 0.15) is 26.7 Å². The van der Waals surface area contributed by atoms with Gasteiger partial charge in [0.05, 0.1) is 6.20 Å². The number of nitrogens with two attached hydrogens (primary N) is 1. The van der Waals surface area contributed by atoms with Crippen molar-refractivity contribution in [2.24, 2.45) is 5.84 Å². The number of nitrogen functional groups attached to an aromatic ring is 1. The summed E-state index contributed by atoms with van der Waals surface area (Å²) in [5.41, 5.74) is 2.22. The molecule has 0 spiro atoms. The summed E-state index contributed by atoms with van der Waals surface area (Å²) in [7, 11) is 0. The number of halogens is 1. The molecule has 7 nitrogen and oxygen atoms in total. The Morgan fingerprint density at radius 2 is 2.32 bits per heavy atom. The minimum atomic E-state index is -0.596. The predicted molar refractivity (Wildman–Crippen MR) is 70.8 cm³/mol. The van der Waals surface area contributed by atoms with Crippen LogP contribution < -0.4 is 21.9 Å². The maximum absolute atomic E-state index is 13.3. The number of nitrogens with one attached hydrogen (secondary N) is 3. The van der Waals surface area contributed by atoms with Crippen LogP contribution in [0.25, 0.3) is 0 Å². The quantitative estimate of drug-likeness (QED) is 0.427. The maximum Gasteiger partial charge on any atom is 0.239 e. The SMILES string of the molecule is CCC(C)NC(=O)CCNc1nc(NN)ncc1F. The Bertz CT molecular complexity index is 428. The highest BCUT2D eigenvalue weighted by Gasteiger charge is 2.08. The first-order valence-electron chi connectivity index (χ1n) is 6.09. The molecule has 5 N–H and O–H groups in total. The van der Waals surface area contributed by atoms with Crippen LogP contribution in [0.5, 0.6) is 0 Å². The summed E-state index contributed by atoms with van der Waals surface area (Å²) in [6.45, 7) is 4.19. The van der Waals surface area contributed by atoms with Crippen LogP contribution in [0.3, 0.4) is 0 Å². The average Bonchev–Trinajstić information content (AvgIpc) is 2.40. The van der Waals surface area contributed by atoms with Crippen molar-refractivity contribution in [2.45, 2.75) is 32.7 Å². The zero-order valence-corrected chi connectivity index (χ0v) is 11.0. The Morgan fingerprint density at radius 3 is 2.95 bits per heavy atom. The Kier molecular flexibility index (Phi) is 5.94. The van der Waals surface area contributed by atoms with E-state index in [9.17, 15) is 9.18 Å². The summed E-state index contributed by atoms with van der Waals surface area (Å²) in [6.07, 6.45) is 2.11. The Labute approximate surface area is 111 Å². The number of anilines is 2. The van der Waals surface area contributed by atoms with E-state index in [0.717, 1.165) is 12.6 Å². The van der Waals surface area contributed by atoms with E-state index in [4.69, 9.17) is 5.84 Å². The first kappa shape index (κ1) is 15.1. The van der Waals surface area contributed by atoms with Crippen molar-refractivity contribution in [1.29, 1.82) is 0 Å². The average molecular weight is 270 g/mol. The zero-order chi connectivity index (χ0) is 14.3. The van der Waals surface area contributed by atoms with Gasteiger partial charge in [-0.15, -0.1) is 0 Å². The lowest BCUT2D eigenvalue weighted by molar-refractivity contribution is -0.121. The fourth-order valence-electron chi connectivity index (χ4n) is 1.30. The van der Waals surface area contributed by atoms with Gasteiger partial charge in [0.1, 0.15) is 0 Å². The van der Waals surface area contributed by atoms with Crippen molar-refractivity contribution in [1.82, 2.24) is 15.3 Å². The molecule has 0 saturated carbocycles. The van der Waals surface area contributed by atoms with E-state index in [0.29, 0.717) is 0 Å².